The van der Waals surface area contributed by atoms with E-state index in [2.05, 4.69) is 19.2 Å². The van der Waals surface area contributed by atoms with Gasteiger partial charge in [0.2, 0.25) is 0 Å². The summed E-state index contributed by atoms with van der Waals surface area (Å²) in [5, 5.41) is 22.1. The molecule has 0 saturated carbocycles. The van der Waals surface area contributed by atoms with Crippen LogP contribution in [0.2, 0.25) is 0 Å². The third-order valence-electron chi connectivity index (χ3n) is 2.89. The van der Waals surface area contributed by atoms with E-state index in [0.717, 1.165) is 18.5 Å². The van der Waals surface area contributed by atoms with Gasteiger partial charge in [0.25, 0.3) is 0 Å². The minimum atomic E-state index is 0.104. The fourth-order valence-electron chi connectivity index (χ4n) is 1.51. The first kappa shape index (κ1) is 12.8. The minimum absolute atomic E-state index is 0.104. The van der Waals surface area contributed by atoms with Crippen molar-refractivity contribution in [3.05, 3.63) is 23.8 Å². The SMILES string of the molecule is CCC(C)CNC(C)c1cc(O)cc(O)c1. The van der Waals surface area contributed by atoms with Crippen LogP contribution >= 0.6 is 0 Å². The van der Waals surface area contributed by atoms with Crippen LogP contribution in [-0.2, 0) is 0 Å². The van der Waals surface area contributed by atoms with E-state index in [1.54, 1.807) is 12.1 Å². The zero-order chi connectivity index (χ0) is 12.1. The van der Waals surface area contributed by atoms with Crippen molar-refractivity contribution in [1.29, 1.82) is 0 Å². The normalized spacial score (nSPS) is 14.7. The Balaban J connectivity index is 2.62. The molecule has 1 aromatic rings. The smallest absolute Gasteiger partial charge is 0.119 e. The zero-order valence-corrected chi connectivity index (χ0v) is 10.2. The summed E-state index contributed by atoms with van der Waals surface area (Å²) in [6.07, 6.45) is 1.14. The molecule has 0 aliphatic carbocycles. The van der Waals surface area contributed by atoms with Gasteiger partial charge >= 0.3 is 0 Å². The van der Waals surface area contributed by atoms with E-state index in [-0.39, 0.29) is 17.5 Å². The van der Waals surface area contributed by atoms with Crippen LogP contribution in [0.5, 0.6) is 11.5 Å². The Kier molecular flexibility index (Phi) is 4.62. The zero-order valence-electron chi connectivity index (χ0n) is 10.2. The maximum Gasteiger partial charge on any atom is 0.119 e. The molecule has 1 rings (SSSR count). The van der Waals surface area contributed by atoms with Crippen molar-refractivity contribution in [2.45, 2.75) is 33.2 Å². The molecular formula is C13H21NO2. The van der Waals surface area contributed by atoms with Gasteiger partial charge in [-0.15, -0.1) is 0 Å². The number of benzene rings is 1. The Bertz CT molecular complexity index is 318. The summed E-state index contributed by atoms with van der Waals surface area (Å²) in [4.78, 5) is 0. The Morgan fingerprint density at radius 3 is 2.19 bits per heavy atom. The second-order valence-corrected chi connectivity index (χ2v) is 4.43. The molecule has 0 aliphatic heterocycles. The highest BCUT2D eigenvalue weighted by atomic mass is 16.3. The van der Waals surface area contributed by atoms with Crippen molar-refractivity contribution in [2.24, 2.45) is 5.92 Å². The maximum atomic E-state index is 9.38. The molecule has 0 radical (unpaired) electrons. The second kappa shape index (κ2) is 5.75. The molecule has 16 heavy (non-hydrogen) atoms. The number of nitrogens with one attached hydrogen (secondary N) is 1. The lowest BCUT2D eigenvalue weighted by Gasteiger charge is -2.17. The number of rotatable bonds is 5. The number of hydrogen-bond donors (Lipinski definition) is 3. The first-order valence-corrected chi connectivity index (χ1v) is 5.79. The highest BCUT2D eigenvalue weighted by Gasteiger charge is 2.08. The van der Waals surface area contributed by atoms with Gasteiger partial charge in [0.15, 0.2) is 0 Å². The molecule has 3 heteroatoms. The van der Waals surface area contributed by atoms with Crippen molar-refractivity contribution in [3.8, 4) is 11.5 Å². The number of phenolic OH excluding ortho intramolecular Hbond substituents is 2. The lowest BCUT2D eigenvalue weighted by Crippen LogP contribution is -2.24. The number of phenols is 2. The fraction of sp³-hybridized carbons (Fsp3) is 0.538. The second-order valence-electron chi connectivity index (χ2n) is 4.43. The molecule has 0 heterocycles. The highest BCUT2D eigenvalue weighted by molar-refractivity contribution is 5.37. The third kappa shape index (κ3) is 3.74. The quantitative estimate of drug-likeness (QED) is 0.719. The van der Waals surface area contributed by atoms with Crippen molar-refractivity contribution >= 4 is 0 Å². The summed E-state index contributed by atoms with van der Waals surface area (Å²) in [6, 6.07) is 4.82. The molecular weight excluding hydrogens is 202 g/mol. The predicted octanol–water partition coefficient (Wildman–Crippen LogP) is 2.79. The maximum absolute atomic E-state index is 9.38. The summed E-state index contributed by atoms with van der Waals surface area (Å²) >= 11 is 0. The number of aromatic hydroxyl groups is 2. The van der Waals surface area contributed by atoms with E-state index in [9.17, 15) is 10.2 Å². The molecule has 3 N–H and O–H groups in total. The van der Waals surface area contributed by atoms with Crippen LogP contribution in [0.15, 0.2) is 18.2 Å². The van der Waals surface area contributed by atoms with Gasteiger partial charge < -0.3 is 15.5 Å². The molecule has 90 valence electrons. The van der Waals surface area contributed by atoms with Crippen LogP contribution < -0.4 is 5.32 Å². The summed E-state index contributed by atoms with van der Waals surface area (Å²) in [6.45, 7) is 7.32. The molecule has 2 unspecified atom stereocenters. The van der Waals surface area contributed by atoms with Crippen LogP contribution in [0, 0.1) is 5.92 Å². The van der Waals surface area contributed by atoms with Gasteiger partial charge in [-0.2, -0.15) is 0 Å². The minimum Gasteiger partial charge on any atom is -0.508 e. The molecule has 0 bridgehead atoms. The van der Waals surface area contributed by atoms with Gasteiger partial charge in [-0.25, -0.2) is 0 Å². The van der Waals surface area contributed by atoms with Crippen LogP contribution in [-0.4, -0.2) is 16.8 Å². The molecule has 0 fully saturated rings. The molecule has 0 aliphatic rings. The van der Waals surface area contributed by atoms with Crippen LogP contribution in [0.4, 0.5) is 0 Å². The molecule has 0 amide bonds. The lowest BCUT2D eigenvalue weighted by molar-refractivity contribution is 0.438. The van der Waals surface area contributed by atoms with Gasteiger partial charge in [0.05, 0.1) is 0 Å². The molecule has 2 atom stereocenters. The van der Waals surface area contributed by atoms with Crippen molar-refractivity contribution < 1.29 is 10.2 Å². The third-order valence-corrected chi connectivity index (χ3v) is 2.89. The van der Waals surface area contributed by atoms with Crippen molar-refractivity contribution in [1.82, 2.24) is 5.32 Å². The largest absolute Gasteiger partial charge is 0.508 e. The average Bonchev–Trinajstić information content (AvgIpc) is 2.23. The molecule has 0 saturated heterocycles. The number of hydrogen-bond acceptors (Lipinski definition) is 3. The monoisotopic (exact) mass is 223 g/mol. The van der Waals surface area contributed by atoms with E-state index in [1.807, 2.05) is 6.92 Å². The molecule has 0 aromatic heterocycles. The van der Waals surface area contributed by atoms with E-state index >= 15 is 0 Å². The Morgan fingerprint density at radius 2 is 1.69 bits per heavy atom. The van der Waals surface area contributed by atoms with E-state index in [4.69, 9.17) is 0 Å². The van der Waals surface area contributed by atoms with E-state index in [1.165, 1.54) is 6.07 Å². The van der Waals surface area contributed by atoms with Gasteiger partial charge in [-0.05, 0) is 37.1 Å². The Morgan fingerprint density at radius 1 is 1.12 bits per heavy atom. The topological polar surface area (TPSA) is 52.5 Å². The van der Waals surface area contributed by atoms with Gasteiger partial charge in [0.1, 0.15) is 11.5 Å². The van der Waals surface area contributed by atoms with Crippen LogP contribution in [0.3, 0.4) is 0 Å². The van der Waals surface area contributed by atoms with E-state index in [0.29, 0.717) is 5.92 Å². The molecule has 0 spiro atoms. The first-order valence-electron chi connectivity index (χ1n) is 5.79. The molecule has 3 nitrogen and oxygen atoms in total. The Labute approximate surface area is 97.1 Å². The summed E-state index contributed by atoms with van der Waals surface area (Å²) in [7, 11) is 0. The van der Waals surface area contributed by atoms with Gasteiger partial charge in [-0.3, -0.25) is 0 Å². The highest BCUT2D eigenvalue weighted by Crippen LogP contribution is 2.24. The molecule has 1 aromatic carbocycles. The standard InChI is InChI=1S/C13H21NO2/c1-4-9(2)8-14-10(3)11-5-12(15)7-13(16)6-11/h5-7,9-10,14-16H,4,8H2,1-3H3. The van der Waals surface area contributed by atoms with Crippen LogP contribution in [0.25, 0.3) is 0 Å². The predicted molar refractivity (Wildman–Crippen MR) is 65.6 cm³/mol. The Hall–Kier alpha value is -1.22. The van der Waals surface area contributed by atoms with Gasteiger partial charge in [0, 0.05) is 12.1 Å². The van der Waals surface area contributed by atoms with E-state index < -0.39 is 0 Å². The fourth-order valence-corrected chi connectivity index (χ4v) is 1.51. The summed E-state index contributed by atoms with van der Waals surface area (Å²) in [5.41, 5.74) is 0.904. The van der Waals surface area contributed by atoms with Crippen molar-refractivity contribution in [3.63, 3.8) is 0 Å². The average molecular weight is 223 g/mol. The first-order chi connectivity index (χ1) is 7.52. The van der Waals surface area contributed by atoms with Crippen molar-refractivity contribution in [2.75, 3.05) is 6.54 Å². The summed E-state index contributed by atoms with van der Waals surface area (Å²) in [5.74, 6) is 0.840. The summed E-state index contributed by atoms with van der Waals surface area (Å²) < 4.78 is 0. The van der Waals surface area contributed by atoms with Gasteiger partial charge in [-0.1, -0.05) is 20.3 Å². The lowest BCUT2D eigenvalue weighted by atomic mass is 10.1. The van der Waals surface area contributed by atoms with Crippen LogP contribution in [0.1, 0.15) is 38.8 Å².